The van der Waals surface area contributed by atoms with Crippen LogP contribution >= 0.6 is 0 Å². The van der Waals surface area contributed by atoms with Crippen LogP contribution in [0.3, 0.4) is 0 Å². The van der Waals surface area contributed by atoms with E-state index in [0.717, 1.165) is 19.5 Å². The largest absolute Gasteiger partial charge is 0.396 e. The first kappa shape index (κ1) is 19.6. The number of likely N-dealkylation sites (tertiary alicyclic amines) is 1. The summed E-state index contributed by atoms with van der Waals surface area (Å²) >= 11 is 0. The number of hydrogen-bond acceptors (Lipinski definition) is 7. The van der Waals surface area contributed by atoms with Crippen molar-refractivity contribution in [2.24, 2.45) is 11.8 Å². The van der Waals surface area contributed by atoms with Crippen LogP contribution in [0.2, 0.25) is 0 Å². The topological polar surface area (TPSA) is 90.8 Å². The molecule has 8 nitrogen and oxygen atoms in total. The zero-order valence-corrected chi connectivity index (χ0v) is 15.3. The van der Waals surface area contributed by atoms with Gasteiger partial charge in [0.15, 0.2) is 0 Å². The number of carbonyl (C=O) groups is 1. The van der Waals surface area contributed by atoms with Crippen molar-refractivity contribution < 1.29 is 14.6 Å². The molecule has 2 rings (SSSR count). The minimum Gasteiger partial charge on any atom is -0.396 e. The Balaban J connectivity index is 2.01. The van der Waals surface area contributed by atoms with Crippen LogP contribution in [0.4, 0.5) is 5.95 Å². The lowest BCUT2D eigenvalue weighted by Gasteiger charge is -2.38. The average Bonchev–Trinajstić information content (AvgIpc) is 2.65. The summed E-state index contributed by atoms with van der Waals surface area (Å²) in [6.45, 7) is 3.76. The molecule has 1 saturated heterocycles. The van der Waals surface area contributed by atoms with Gasteiger partial charge in [-0.1, -0.05) is 0 Å². The summed E-state index contributed by atoms with van der Waals surface area (Å²) < 4.78 is 5.11. The Morgan fingerprint density at radius 1 is 1.40 bits per heavy atom. The number of nitrogens with one attached hydrogen (secondary N) is 1. The number of ether oxygens (including phenoxy) is 1. The predicted molar refractivity (Wildman–Crippen MR) is 95.5 cm³/mol. The molecule has 0 unspecified atom stereocenters. The van der Waals surface area contributed by atoms with E-state index in [1.807, 2.05) is 4.90 Å². The molecule has 0 saturated carbocycles. The normalized spacial score (nSPS) is 20.8. The second-order valence-corrected chi connectivity index (χ2v) is 6.66. The molecule has 0 spiro atoms. The first-order chi connectivity index (χ1) is 12.1. The van der Waals surface area contributed by atoms with Crippen molar-refractivity contribution in [3.63, 3.8) is 0 Å². The van der Waals surface area contributed by atoms with E-state index in [9.17, 15) is 9.90 Å². The molecule has 2 heterocycles. The molecule has 1 aromatic rings. The monoisotopic (exact) mass is 351 g/mol. The molecule has 25 heavy (non-hydrogen) atoms. The summed E-state index contributed by atoms with van der Waals surface area (Å²) in [4.78, 5) is 25.0. The molecule has 0 aliphatic carbocycles. The SMILES string of the molecule is CNc1ncc(C(=O)N2C[C@@H](CN(C)CCOC)C[C@H](CO)C2)cn1. The molecule has 2 atom stereocenters. The Kier molecular flexibility index (Phi) is 7.54. The highest BCUT2D eigenvalue weighted by atomic mass is 16.5. The molecule has 2 N–H and O–H groups in total. The highest BCUT2D eigenvalue weighted by molar-refractivity contribution is 5.93. The molecule has 140 valence electrons. The molecule has 1 fully saturated rings. The second-order valence-electron chi connectivity index (χ2n) is 6.66. The fourth-order valence-corrected chi connectivity index (χ4v) is 3.28. The van der Waals surface area contributed by atoms with E-state index in [-0.39, 0.29) is 18.4 Å². The first-order valence-corrected chi connectivity index (χ1v) is 8.64. The van der Waals surface area contributed by atoms with Crippen LogP contribution in [-0.4, -0.2) is 91.4 Å². The van der Waals surface area contributed by atoms with Gasteiger partial charge in [-0.2, -0.15) is 0 Å². The van der Waals surface area contributed by atoms with E-state index in [4.69, 9.17) is 4.74 Å². The van der Waals surface area contributed by atoms with Crippen molar-refractivity contribution in [1.82, 2.24) is 19.8 Å². The van der Waals surface area contributed by atoms with Gasteiger partial charge in [0.1, 0.15) is 0 Å². The van der Waals surface area contributed by atoms with E-state index in [2.05, 4.69) is 27.2 Å². The van der Waals surface area contributed by atoms with E-state index in [0.29, 0.717) is 37.1 Å². The van der Waals surface area contributed by atoms with Crippen LogP contribution in [0.5, 0.6) is 0 Å². The number of rotatable bonds is 8. The minimum atomic E-state index is -0.0784. The van der Waals surface area contributed by atoms with Gasteiger partial charge in [-0.3, -0.25) is 4.79 Å². The molecule has 1 aliphatic rings. The van der Waals surface area contributed by atoms with Crippen LogP contribution in [0.1, 0.15) is 16.8 Å². The Hall–Kier alpha value is -1.77. The lowest BCUT2D eigenvalue weighted by atomic mass is 9.89. The molecule has 1 amide bonds. The molecule has 0 aromatic carbocycles. The van der Waals surface area contributed by atoms with Crippen LogP contribution in [0, 0.1) is 11.8 Å². The maximum absolute atomic E-state index is 12.8. The standard InChI is InChI=1S/C17H29N5O3/c1-18-17-19-7-15(8-20-17)16(24)22-10-13(6-14(11-22)12-23)9-21(2)4-5-25-3/h7-8,13-14,23H,4-6,9-12H2,1-3H3,(H,18,19,20)/t13-,14+/m1/s1. The Bertz CT molecular complexity index is 540. The third-order valence-electron chi connectivity index (χ3n) is 4.54. The maximum atomic E-state index is 12.8. The highest BCUT2D eigenvalue weighted by Crippen LogP contribution is 2.24. The summed E-state index contributed by atoms with van der Waals surface area (Å²) in [5.41, 5.74) is 0.476. The predicted octanol–water partition coefficient (Wildman–Crippen LogP) is 0.167. The third kappa shape index (κ3) is 5.62. The van der Waals surface area contributed by atoms with Gasteiger partial charge in [-0.25, -0.2) is 9.97 Å². The molecular weight excluding hydrogens is 322 g/mol. The van der Waals surface area contributed by atoms with Gasteiger partial charge in [-0.05, 0) is 25.3 Å². The minimum absolute atomic E-state index is 0.0784. The Morgan fingerprint density at radius 3 is 2.68 bits per heavy atom. The second kappa shape index (κ2) is 9.65. The summed E-state index contributed by atoms with van der Waals surface area (Å²) in [6, 6.07) is 0. The quantitative estimate of drug-likeness (QED) is 0.690. The number of carbonyl (C=O) groups excluding carboxylic acids is 1. The molecule has 1 aromatic heterocycles. The van der Waals surface area contributed by atoms with Crippen LogP contribution in [0.25, 0.3) is 0 Å². The number of nitrogens with zero attached hydrogens (tertiary/aromatic N) is 4. The fourth-order valence-electron chi connectivity index (χ4n) is 3.28. The van der Waals surface area contributed by atoms with Crippen molar-refractivity contribution in [2.45, 2.75) is 6.42 Å². The molecular formula is C17H29N5O3. The van der Waals surface area contributed by atoms with Crippen LogP contribution in [0.15, 0.2) is 12.4 Å². The van der Waals surface area contributed by atoms with Crippen LogP contribution < -0.4 is 5.32 Å². The summed E-state index contributed by atoms with van der Waals surface area (Å²) in [5.74, 6) is 0.844. The highest BCUT2D eigenvalue weighted by Gasteiger charge is 2.31. The van der Waals surface area contributed by atoms with Crippen molar-refractivity contribution in [3.8, 4) is 0 Å². The van der Waals surface area contributed by atoms with Gasteiger partial charge in [0.05, 0.1) is 12.2 Å². The van der Waals surface area contributed by atoms with Crippen molar-refractivity contribution in [3.05, 3.63) is 18.0 Å². The van der Waals surface area contributed by atoms with Crippen molar-refractivity contribution in [2.75, 3.05) is 65.9 Å². The summed E-state index contributed by atoms with van der Waals surface area (Å²) in [6.07, 6.45) is 4.01. The van der Waals surface area contributed by atoms with E-state index in [1.165, 1.54) is 0 Å². The van der Waals surface area contributed by atoms with Gasteiger partial charge in [0, 0.05) is 59.3 Å². The number of likely N-dealkylation sites (N-methyl/N-ethyl adjacent to an activating group) is 1. The number of hydrogen-bond donors (Lipinski definition) is 2. The van der Waals surface area contributed by atoms with E-state index >= 15 is 0 Å². The number of aromatic nitrogens is 2. The Labute approximate surface area is 149 Å². The zero-order valence-electron chi connectivity index (χ0n) is 15.3. The summed E-state index contributed by atoms with van der Waals surface area (Å²) in [5, 5.41) is 12.5. The van der Waals surface area contributed by atoms with Gasteiger partial charge in [-0.15, -0.1) is 0 Å². The Morgan fingerprint density at radius 2 is 2.08 bits per heavy atom. The van der Waals surface area contributed by atoms with Crippen molar-refractivity contribution >= 4 is 11.9 Å². The van der Waals surface area contributed by atoms with Crippen molar-refractivity contribution in [1.29, 1.82) is 0 Å². The van der Waals surface area contributed by atoms with E-state index in [1.54, 1.807) is 26.6 Å². The molecule has 1 aliphatic heterocycles. The van der Waals surface area contributed by atoms with Gasteiger partial charge < -0.3 is 25.0 Å². The zero-order chi connectivity index (χ0) is 18.2. The van der Waals surface area contributed by atoms with Gasteiger partial charge in [0.2, 0.25) is 5.95 Å². The van der Waals surface area contributed by atoms with Gasteiger partial charge in [0.25, 0.3) is 5.91 Å². The lowest BCUT2D eigenvalue weighted by molar-refractivity contribution is 0.0450. The number of piperidine rings is 1. The van der Waals surface area contributed by atoms with E-state index < -0.39 is 0 Å². The number of amides is 1. The van der Waals surface area contributed by atoms with Gasteiger partial charge >= 0.3 is 0 Å². The third-order valence-corrected chi connectivity index (χ3v) is 4.54. The number of methoxy groups -OCH3 is 1. The number of anilines is 1. The maximum Gasteiger partial charge on any atom is 0.257 e. The number of aliphatic hydroxyl groups is 1. The molecule has 0 bridgehead atoms. The number of aliphatic hydroxyl groups excluding tert-OH is 1. The lowest BCUT2D eigenvalue weighted by Crippen LogP contribution is -2.47. The molecule has 8 heteroatoms. The first-order valence-electron chi connectivity index (χ1n) is 8.64. The average molecular weight is 351 g/mol. The van der Waals surface area contributed by atoms with Crippen LogP contribution in [-0.2, 0) is 4.74 Å². The fraction of sp³-hybridized carbons (Fsp3) is 0.706. The summed E-state index contributed by atoms with van der Waals surface area (Å²) in [7, 11) is 5.48. The smallest absolute Gasteiger partial charge is 0.257 e. The molecule has 0 radical (unpaired) electrons.